The quantitative estimate of drug-likeness (QED) is 0.565. The molecular formula is C17H28FNS. The Morgan fingerprint density at radius 3 is 2.50 bits per heavy atom. The zero-order valence-corrected chi connectivity index (χ0v) is 13.6. The van der Waals surface area contributed by atoms with Gasteiger partial charge in [0.2, 0.25) is 0 Å². The molecule has 1 nitrogen and oxygen atoms in total. The van der Waals surface area contributed by atoms with E-state index in [1.807, 2.05) is 23.9 Å². The average molecular weight is 297 g/mol. The van der Waals surface area contributed by atoms with Crippen LogP contribution in [0.2, 0.25) is 0 Å². The van der Waals surface area contributed by atoms with Crippen LogP contribution < -0.4 is 5.32 Å². The highest BCUT2D eigenvalue weighted by atomic mass is 32.2. The number of nitrogens with one attached hydrogen (secondary N) is 1. The zero-order chi connectivity index (χ0) is 14.6. The van der Waals surface area contributed by atoms with Crippen molar-refractivity contribution >= 4 is 11.8 Å². The van der Waals surface area contributed by atoms with Crippen molar-refractivity contribution in [1.29, 1.82) is 0 Å². The van der Waals surface area contributed by atoms with Crippen LogP contribution >= 0.6 is 11.8 Å². The second-order valence-corrected chi connectivity index (χ2v) is 6.24. The Bertz CT molecular complexity index is 339. The fourth-order valence-corrected chi connectivity index (χ4v) is 2.81. The molecule has 20 heavy (non-hydrogen) atoms. The molecule has 0 aromatic heterocycles. The van der Waals surface area contributed by atoms with E-state index < -0.39 is 0 Å². The first-order chi connectivity index (χ1) is 9.77. The van der Waals surface area contributed by atoms with Crippen molar-refractivity contribution in [2.24, 2.45) is 0 Å². The predicted octanol–water partition coefficient (Wildman–Crippen LogP) is 5.18. The fraction of sp³-hybridized carbons (Fsp3) is 0.647. The Labute approximate surface area is 127 Å². The number of unbranched alkanes of at least 4 members (excludes halogenated alkanes) is 3. The third kappa shape index (κ3) is 7.30. The third-order valence-electron chi connectivity index (χ3n) is 3.53. The lowest BCUT2D eigenvalue weighted by Crippen LogP contribution is -2.22. The molecule has 1 aromatic rings. The van der Waals surface area contributed by atoms with Crippen LogP contribution in [-0.2, 0) is 0 Å². The van der Waals surface area contributed by atoms with Crippen molar-refractivity contribution in [3.05, 3.63) is 35.6 Å². The Hall–Kier alpha value is -0.540. The van der Waals surface area contributed by atoms with Gasteiger partial charge in [-0.25, -0.2) is 4.39 Å². The molecule has 0 spiro atoms. The van der Waals surface area contributed by atoms with Gasteiger partial charge < -0.3 is 5.32 Å². The molecule has 0 aliphatic heterocycles. The Kier molecular flexibility index (Phi) is 9.77. The van der Waals surface area contributed by atoms with Crippen LogP contribution in [0.3, 0.4) is 0 Å². The number of halogens is 1. The van der Waals surface area contributed by atoms with Gasteiger partial charge in [0.05, 0.1) is 0 Å². The Morgan fingerprint density at radius 1 is 1.10 bits per heavy atom. The normalized spacial score (nSPS) is 12.6. The minimum Gasteiger partial charge on any atom is -0.310 e. The maximum Gasteiger partial charge on any atom is 0.123 e. The molecule has 0 bridgehead atoms. The lowest BCUT2D eigenvalue weighted by Gasteiger charge is -2.19. The maximum absolute atomic E-state index is 13.0. The van der Waals surface area contributed by atoms with E-state index in [9.17, 15) is 4.39 Å². The van der Waals surface area contributed by atoms with E-state index in [4.69, 9.17) is 0 Å². The van der Waals surface area contributed by atoms with Gasteiger partial charge in [0.15, 0.2) is 0 Å². The van der Waals surface area contributed by atoms with E-state index in [-0.39, 0.29) is 5.82 Å². The van der Waals surface area contributed by atoms with Crippen LogP contribution in [0.5, 0.6) is 0 Å². The van der Waals surface area contributed by atoms with E-state index in [1.54, 1.807) is 12.1 Å². The monoisotopic (exact) mass is 297 g/mol. The number of rotatable bonds is 11. The highest BCUT2D eigenvalue weighted by molar-refractivity contribution is 7.98. The zero-order valence-electron chi connectivity index (χ0n) is 12.8. The van der Waals surface area contributed by atoms with Gasteiger partial charge in [-0.05, 0) is 55.5 Å². The summed E-state index contributed by atoms with van der Waals surface area (Å²) in [6, 6.07) is 7.33. The summed E-state index contributed by atoms with van der Waals surface area (Å²) in [7, 11) is 0. The third-order valence-corrected chi connectivity index (χ3v) is 4.23. The SMILES string of the molecule is CCCCC(NCCCCCSC)c1ccc(F)cc1. The summed E-state index contributed by atoms with van der Waals surface area (Å²) in [4.78, 5) is 0. The van der Waals surface area contributed by atoms with Crippen molar-refractivity contribution in [2.75, 3.05) is 18.6 Å². The van der Waals surface area contributed by atoms with Crippen LogP contribution in [0.15, 0.2) is 24.3 Å². The van der Waals surface area contributed by atoms with Crippen molar-refractivity contribution in [2.45, 2.75) is 51.5 Å². The molecule has 0 saturated heterocycles. The van der Waals surface area contributed by atoms with Crippen LogP contribution in [0.1, 0.15) is 57.1 Å². The second kappa shape index (κ2) is 11.2. The molecule has 1 aromatic carbocycles. The molecule has 0 heterocycles. The maximum atomic E-state index is 13.0. The molecule has 0 fully saturated rings. The van der Waals surface area contributed by atoms with Crippen LogP contribution in [0, 0.1) is 5.82 Å². The van der Waals surface area contributed by atoms with Gasteiger partial charge in [0.1, 0.15) is 5.82 Å². The van der Waals surface area contributed by atoms with Gasteiger partial charge >= 0.3 is 0 Å². The predicted molar refractivity (Wildman–Crippen MR) is 88.9 cm³/mol. The smallest absolute Gasteiger partial charge is 0.123 e. The summed E-state index contributed by atoms with van der Waals surface area (Å²) in [5.41, 5.74) is 1.21. The first-order valence-corrected chi connectivity index (χ1v) is 9.15. The minimum absolute atomic E-state index is 0.153. The van der Waals surface area contributed by atoms with Crippen LogP contribution in [0.4, 0.5) is 4.39 Å². The summed E-state index contributed by atoms with van der Waals surface area (Å²) in [6.45, 7) is 3.27. The lowest BCUT2D eigenvalue weighted by molar-refractivity contribution is 0.470. The van der Waals surface area contributed by atoms with Gasteiger partial charge in [-0.1, -0.05) is 38.3 Å². The van der Waals surface area contributed by atoms with Gasteiger partial charge in [-0.15, -0.1) is 0 Å². The van der Waals surface area contributed by atoms with E-state index in [0.29, 0.717) is 6.04 Å². The standard InChI is InChI=1S/C17H28FNS/c1-3-4-8-17(15-9-11-16(18)12-10-15)19-13-6-5-7-14-20-2/h9-12,17,19H,3-8,13-14H2,1-2H3. The van der Waals surface area contributed by atoms with Gasteiger partial charge in [0, 0.05) is 6.04 Å². The largest absolute Gasteiger partial charge is 0.310 e. The van der Waals surface area contributed by atoms with Crippen molar-refractivity contribution < 1.29 is 4.39 Å². The van der Waals surface area contributed by atoms with Gasteiger partial charge in [-0.2, -0.15) is 11.8 Å². The van der Waals surface area contributed by atoms with E-state index >= 15 is 0 Å². The van der Waals surface area contributed by atoms with E-state index in [1.165, 1.54) is 43.4 Å². The molecule has 1 N–H and O–H groups in total. The van der Waals surface area contributed by atoms with Crippen LogP contribution in [0.25, 0.3) is 0 Å². The molecule has 0 saturated carbocycles. The Morgan fingerprint density at radius 2 is 1.85 bits per heavy atom. The average Bonchev–Trinajstić information content (AvgIpc) is 2.47. The molecular weight excluding hydrogens is 269 g/mol. The molecule has 0 amide bonds. The van der Waals surface area contributed by atoms with Crippen LogP contribution in [-0.4, -0.2) is 18.6 Å². The first kappa shape index (κ1) is 17.5. The summed E-state index contributed by atoms with van der Waals surface area (Å²) >= 11 is 1.92. The fourth-order valence-electron chi connectivity index (χ4n) is 2.31. The number of benzene rings is 1. The number of hydrogen-bond donors (Lipinski definition) is 1. The molecule has 1 unspecified atom stereocenters. The van der Waals surface area contributed by atoms with Gasteiger partial charge in [-0.3, -0.25) is 0 Å². The van der Waals surface area contributed by atoms with E-state index in [2.05, 4.69) is 18.5 Å². The topological polar surface area (TPSA) is 12.0 Å². The van der Waals surface area contributed by atoms with Crippen molar-refractivity contribution in [1.82, 2.24) is 5.32 Å². The Balaban J connectivity index is 2.37. The molecule has 1 rings (SSSR count). The number of thioether (sulfide) groups is 1. The molecule has 114 valence electrons. The van der Waals surface area contributed by atoms with Crippen molar-refractivity contribution in [3.8, 4) is 0 Å². The van der Waals surface area contributed by atoms with Gasteiger partial charge in [0.25, 0.3) is 0 Å². The molecule has 3 heteroatoms. The summed E-state index contributed by atoms with van der Waals surface area (Å²) < 4.78 is 13.0. The summed E-state index contributed by atoms with van der Waals surface area (Å²) in [5, 5.41) is 3.64. The first-order valence-electron chi connectivity index (χ1n) is 7.75. The summed E-state index contributed by atoms with van der Waals surface area (Å²) in [5.74, 6) is 1.11. The molecule has 0 aliphatic rings. The molecule has 0 aliphatic carbocycles. The van der Waals surface area contributed by atoms with Crippen molar-refractivity contribution in [3.63, 3.8) is 0 Å². The summed E-state index contributed by atoms with van der Waals surface area (Å²) in [6.07, 6.45) is 9.52. The number of hydrogen-bond acceptors (Lipinski definition) is 2. The highest BCUT2D eigenvalue weighted by Crippen LogP contribution is 2.20. The lowest BCUT2D eigenvalue weighted by atomic mass is 10.0. The highest BCUT2D eigenvalue weighted by Gasteiger charge is 2.10. The minimum atomic E-state index is -0.153. The molecule has 1 atom stereocenters. The second-order valence-electron chi connectivity index (χ2n) is 5.25. The molecule has 0 radical (unpaired) electrons. The van der Waals surface area contributed by atoms with E-state index in [0.717, 1.165) is 13.0 Å².